The normalized spacial score (nSPS) is 10.5. The van der Waals surface area contributed by atoms with Gasteiger partial charge in [0.1, 0.15) is 0 Å². The number of nitrogens with two attached hydrogens (primary N) is 1. The Morgan fingerprint density at radius 3 is 2.36 bits per heavy atom. The monoisotopic (exact) mass is 154 g/mol. The fourth-order valence-electron chi connectivity index (χ4n) is 1.20. The zero-order chi connectivity index (χ0) is 8.43. The molecule has 1 rings (SSSR count). The predicted octanol–water partition coefficient (Wildman–Crippen LogP) is 0.186. The quantitative estimate of drug-likeness (QED) is 0.587. The molecule has 1 aromatic rings. The standard InChI is InChI=1S/C8H15N3/c1-6-7(2)10-11(5-4-9)8(6)3/h4-5,9H2,1-3H3/p+1. The van der Waals surface area contributed by atoms with E-state index in [1.165, 1.54) is 17.0 Å². The molecule has 0 spiro atoms. The molecule has 3 heteroatoms. The number of hydrogen-bond acceptors (Lipinski definition) is 1. The van der Waals surface area contributed by atoms with Crippen molar-refractivity contribution in [2.24, 2.45) is 5.73 Å². The lowest BCUT2D eigenvalue weighted by Crippen LogP contribution is -2.41. The molecule has 0 aliphatic heterocycles. The van der Waals surface area contributed by atoms with Crippen molar-refractivity contribution in [2.45, 2.75) is 27.3 Å². The van der Waals surface area contributed by atoms with Crippen molar-refractivity contribution in [3.63, 3.8) is 0 Å². The summed E-state index contributed by atoms with van der Waals surface area (Å²) in [6.07, 6.45) is 0. The van der Waals surface area contributed by atoms with E-state index in [1.54, 1.807) is 0 Å². The number of aromatic amines is 1. The fourth-order valence-corrected chi connectivity index (χ4v) is 1.20. The topological polar surface area (TPSA) is 45.7 Å². The molecule has 0 aliphatic rings. The van der Waals surface area contributed by atoms with E-state index in [0.717, 1.165) is 6.54 Å². The molecule has 11 heavy (non-hydrogen) atoms. The van der Waals surface area contributed by atoms with Crippen LogP contribution in [0.3, 0.4) is 0 Å². The zero-order valence-electron chi connectivity index (χ0n) is 7.44. The van der Waals surface area contributed by atoms with Gasteiger partial charge in [-0.05, 0) is 13.8 Å². The minimum Gasteiger partial charge on any atom is -0.325 e. The highest BCUT2D eigenvalue weighted by Crippen LogP contribution is 2.03. The van der Waals surface area contributed by atoms with Gasteiger partial charge in [-0.3, -0.25) is 0 Å². The van der Waals surface area contributed by atoms with Gasteiger partial charge in [0.25, 0.3) is 0 Å². The third-order valence-corrected chi connectivity index (χ3v) is 2.17. The molecule has 0 fully saturated rings. The Hall–Kier alpha value is -0.830. The maximum absolute atomic E-state index is 5.45. The molecule has 0 amide bonds. The molecular formula is C8H16N3+. The average molecular weight is 154 g/mol. The van der Waals surface area contributed by atoms with Crippen molar-refractivity contribution in [2.75, 3.05) is 6.54 Å². The molecule has 62 valence electrons. The Balaban J connectivity index is 2.98. The summed E-state index contributed by atoms with van der Waals surface area (Å²) in [7, 11) is 0. The second-order valence-electron chi connectivity index (χ2n) is 2.89. The highest BCUT2D eigenvalue weighted by atomic mass is 15.3. The summed E-state index contributed by atoms with van der Waals surface area (Å²) in [6.45, 7) is 7.86. The SMILES string of the molecule is Cc1[nH][n+](CCN)c(C)c1C. The van der Waals surface area contributed by atoms with E-state index in [0.29, 0.717) is 6.54 Å². The molecular weight excluding hydrogens is 138 g/mol. The van der Waals surface area contributed by atoms with E-state index in [9.17, 15) is 0 Å². The van der Waals surface area contributed by atoms with Crippen molar-refractivity contribution >= 4 is 0 Å². The molecule has 0 aromatic carbocycles. The number of aromatic nitrogens is 2. The van der Waals surface area contributed by atoms with Gasteiger partial charge < -0.3 is 5.73 Å². The summed E-state index contributed by atoms with van der Waals surface area (Å²) >= 11 is 0. The van der Waals surface area contributed by atoms with Gasteiger partial charge in [-0.15, -0.1) is 4.68 Å². The van der Waals surface area contributed by atoms with Crippen LogP contribution in [-0.4, -0.2) is 11.6 Å². The summed E-state index contributed by atoms with van der Waals surface area (Å²) in [5, 5.41) is 3.25. The van der Waals surface area contributed by atoms with Gasteiger partial charge in [0.05, 0.1) is 12.2 Å². The number of aryl methyl sites for hydroxylation is 1. The second-order valence-corrected chi connectivity index (χ2v) is 2.89. The summed E-state index contributed by atoms with van der Waals surface area (Å²) in [6, 6.07) is 0. The Morgan fingerprint density at radius 1 is 1.36 bits per heavy atom. The number of nitrogens with zero attached hydrogens (tertiary/aromatic N) is 1. The number of hydrogen-bond donors (Lipinski definition) is 2. The lowest BCUT2D eigenvalue weighted by Gasteiger charge is -1.88. The van der Waals surface area contributed by atoms with Crippen molar-refractivity contribution in [3.05, 3.63) is 17.0 Å². The van der Waals surface area contributed by atoms with Crippen LogP contribution in [0.2, 0.25) is 0 Å². The largest absolute Gasteiger partial charge is 0.325 e. The van der Waals surface area contributed by atoms with E-state index in [1.807, 2.05) is 0 Å². The number of nitrogens with one attached hydrogen (secondary N) is 1. The molecule has 0 unspecified atom stereocenters. The second kappa shape index (κ2) is 3.05. The van der Waals surface area contributed by atoms with Crippen LogP contribution in [0.4, 0.5) is 0 Å². The fraction of sp³-hybridized carbons (Fsp3) is 0.625. The zero-order valence-corrected chi connectivity index (χ0v) is 7.44. The molecule has 0 bridgehead atoms. The van der Waals surface area contributed by atoms with E-state index >= 15 is 0 Å². The molecule has 3 N–H and O–H groups in total. The lowest BCUT2D eigenvalue weighted by molar-refractivity contribution is -0.753. The van der Waals surface area contributed by atoms with Gasteiger partial charge in [-0.1, -0.05) is 0 Å². The van der Waals surface area contributed by atoms with Gasteiger partial charge in [0.2, 0.25) is 5.69 Å². The van der Waals surface area contributed by atoms with E-state index in [4.69, 9.17) is 5.73 Å². The maximum atomic E-state index is 5.45. The number of H-pyrrole nitrogens is 1. The van der Waals surface area contributed by atoms with Crippen LogP contribution in [-0.2, 0) is 6.54 Å². The minimum atomic E-state index is 0.685. The Bertz CT molecular complexity index is 250. The van der Waals surface area contributed by atoms with Crippen molar-refractivity contribution < 1.29 is 4.68 Å². The first kappa shape index (κ1) is 8.27. The first-order valence-electron chi connectivity index (χ1n) is 3.92. The Morgan fingerprint density at radius 2 is 2.00 bits per heavy atom. The van der Waals surface area contributed by atoms with Crippen LogP contribution in [0.15, 0.2) is 0 Å². The van der Waals surface area contributed by atoms with E-state index < -0.39 is 0 Å². The van der Waals surface area contributed by atoms with Gasteiger partial charge in [0.15, 0.2) is 6.54 Å². The molecule has 0 saturated heterocycles. The van der Waals surface area contributed by atoms with E-state index in [2.05, 4.69) is 30.6 Å². The maximum Gasteiger partial charge on any atom is 0.207 e. The van der Waals surface area contributed by atoms with Crippen LogP contribution in [0.5, 0.6) is 0 Å². The van der Waals surface area contributed by atoms with Gasteiger partial charge in [-0.2, -0.15) is 5.10 Å². The van der Waals surface area contributed by atoms with Crippen molar-refractivity contribution in [1.82, 2.24) is 5.10 Å². The lowest BCUT2D eigenvalue weighted by atomic mass is 10.2. The van der Waals surface area contributed by atoms with Gasteiger partial charge >= 0.3 is 0 Å². The molecule has 0 radical (unpaired) electrons. The molecule has 3 nitrogen and oxygen atoms in total. The van der Waals surface area contributed by atoms with Crippen molar-refractivity contribution in [3.8, 4) is 0 Å². The highest BCUT2D eigenvalue weighted by molar-refractivity contribution is 5.16. The van der Waals surface area contributed by atoms with Crippen LogP contribution >= 0.6 is 0 Å². The summed E-state index contributed by atoms with van der Waals surface area (Å²) in [4.78, 5) is 0. The van der Waals surface area contributed by atoms with E-state index in [-0.39, 0.29) is 0 Å². The first-order chi connectivity index (χ1) is 5.16. The molecule has 1 aromatic heterocycles. The summed E-state index contributed by atoms with van der Waals surface area (Å²) in [5.74, 6) is 0. The molecule has 1 heterocycles. The van der Waals surface area contributed by atoms with Gasteiger partial charge in [0, 0.05) is 12.5 Å². The van der Waals surface area contributed by atoms with Crippen molar-refractivity contribution in [1.29, 1.82) is 0 Å². The highest BCUT2D eigenvalue weighted by Gasteiger charge is 2.13. The summed E-state index contributed by atoms with van der Waals surface area (Å²) < 4.78 is 2.09. The third-order valence-electron chi connectivity index (χ3n) is 2.17. The smallest absolute Gasteiger partial charge is 0.207 e. The molecule has 0 saturated carbocycles. The number of rotatable bonds is 2. The average Bonchev–Trinajstić information content (AvgIpc) is 2.19. The van der Waals surface area contributed by atoms with Crippen LogP contribution < -0.4 is 10.4 Å². The first-order valence-corrected chi connectivity index (χ1v) is 3.92. The predicted molar refractivity (Wildman–Crippen MR) is 44.3 cm³/mol. The van der Waals surface area contributed by atoms with Crippen LogP contribution in [0.25, 0.3) is 0 Å². The summed E-state index contributed by atoms with van der Waals surface area (Å²) in [5.41, 5.74) is 9.30. The Labute approximate surface area is 67.2 Å². The molecule has 0 aliphatic carbocycles. The molecule has 0 atom stereocenters. The van der Waals surface area contributed by atoms with Gasteiger partial charge in [-0.25, -0.2) is 0 Å². The van der Waals surface area contributed by atoms with Crippen LogP contribution in [0.1, 0.15) is 17.0 Å². The third kappa shape index (κ3) is 1.43. The minimum absolute atomic E-state index is 0.685. The van der Waals surface area contributed by atoms with Crippen LogP contribution in [0, 0.1) is 20.8 Å². The Kier molecular flexibility index (Phi) is 2.29.